The van der Waals surface area contributed by atoms with Gasteiger partial charge in [0.25, 0.3) is 0 Å². The molecule has 1 nitrogen and oxygen atoms in total. The number of benzene rings is 1. The largest absolute Gasteiger partial charge is 0.388 e. The smallest absolute Gasteiger partial charge is 0.0931 e. The van der Waals surface area contributed by atoms with Crippen LogP contribution in [0.15, 0.2) is 39.3 Å². The Morgan fingerprint density at radius 1 is 1.24 bits per heavy atom. The highest BCUT2D eigenvalue weighted by molar-refractivity contribution is 9.11. The minimum atomic E-state index is -0.531. The summed E-state index contributed by atoms with van der Waals surface area (Å²) in [5.74, 6) is 0. The zero-order chi connectivity index (χ0) is 12.4. The van der Waals surface area contributed by atoms with Gasteiger partial charge in [0, 0.05) is 20.2 Å². The van der Waals surface area contributed by atoms with E-state index in [4.69, 9.17) is 11.6 Å². The number of halogens is 3. The van der Waals surface area contributed by atoms with Crippen molar-refractivity contribution in [3.63, 3.8) is 0 Å². The van der Waals surface area contributed by atoms with Gasteiger partial charge in [-0.25, -0.2) is 0 Å². The summed E-state index contributed by atoms with van der Waals surface area (Å²) in [5.41, 5.74) is 0.879. The van der Waals surface area contributed by atoms with Crippen LogP contribution in [0.2, 0.25) is 4.34 Å². The highest BCUT2D eigenvalue weighted by Gasteiger charge is 2.13. The minimum absolute atomic E-state index is 0.531. The van der Waals surface area contributed by atoms with Crippen LogP contribution in [0.3, 0.4) is 0 Å². The van der Waals surface area contributed by atoms with Crippen molar-refractivity contribution in [1.82, 2.24) is 0 Å². The first-order valence-electron chi connectivity index (χ1n) is 4.93. The van der Waals surface area contributed by atoms with Crippen LogP contribution in [0, 0.1) is 0 Å². The van der Waals surface area contributed by atoms with Crippen molar-refractivity contribution in [2.24, 2.45) is 0 Å². The molecule has 0 aliphatic carbocycles. The number of rotatable bonds is 3. The molecule has 2 aromatic rings. The fourth-order valence-corrected chi connectivity index (χ4v) is 3.55. The molecule has 0 fully saturated rings. The summed E-state index contributed by atoms with van der Waals surface area (Å²) in [6.45, 7) is 0. The lowest BCUT2D eigenvalue weighted by Gasteiger charge is -2.12. The van der Waals surface area contributed by atoms with E-state index in [-0.39, 0.29) is 0 Å². The van der Waals surface area contributed by atoms with Gasteiger partial charge in [0.1, 0.15) is 0 Å². The Balaban J connectivity index is 2.19. The van der Waals surface area contributed by atoms with Crippen LogP contribution in [-0.4, -0.2) is 5.11 Å². The normalized spacial score (nSPS) is 12.7. The van der Waals surface area contributed by atoms with Gasteiger partial charge in [0.2, 0.25) is 0 Å². The molecule has 90 valence electrons. The lowest BCUT2D eigenvalue weighted by atomic mass is 10.1. The SMILES string of the molecule is OC(Cc1ccc(Cl)s1)c1cc(Br)ccc1Br. The first kappa shape index (κ1) is 13.6. The topological polar surface area (TPSA) is 20.2 Å². The molecule has 0 aliphatic rings. The van der Waals surface area contributed by atoms with E-state index < -0.39 is 6.10 Å². The summed E-state index contributed by atoms with van der Waals surface area (Å²) in [7, 11) is 0. The monoisotopic (exact) mass is 394 g/mol. The van der Waals surface area contributed by atoms with Gasteiger partial charge in [-0.15, -0.1) is 11.3 Å². The van der Waals surface area contributed by atoms with Crippen LogP contribution < -0.4 is 0 Å². The van der Waals surface area contributed by atoms with Crippen LogP contribution in [0.25, 0.3) is 0 Å². The van der Waals surface area contributed by atoms with E-state index >= 15 is 0 Å². The lowest BCUT2D eigenvalue weighted by Crippen LogP contribution is -2.01. The maximum absolute atomic E-state index is 10.2. The molecule has 2 rings (SSSR count). The van der Waals surface area contributed by atoms with E-state index in [1.54, 1.807) is 0 Å². The Kier molecular flexibility index (Phi) is 4.66. The van der Waals surface area contributed by atoms with Crippen LogP contribution in [-0.2, 0) is 6.42 Å². The molecule has 1 atom stereocenters. The van der Waals surface area contributed by atoms with Crippen LogP contribution in [0.5, 0.6) is 0 Å². The quantitative estimate of drug-likeness (QED) is 0.756. The van der Waals surface area contributed by atoms with Gasteiger partial charge in [0.05, 0.1) is 10.4 Å². The number of hydrogen-bond donors (Lipinski definition) is 1. The van der Waals surface area contributed by atoms with Gasteiger partial charge in [-0.05, 0) is 35.9 Å². The first-order valence-corrected chi connectivity index (χ1v) is 7.71. The Labute approximate surface area is 126 Å². The van der Waals surface area contributed by atoms with E-state index in [9.17, 15) is 5.11 Å². The molecule has 17 heavy (non-hydrogen) atoms. The third kappa shape index (κ3) is 3.55. The summed E-state index contributed by atoms with van der Waals surface area (Å²) < 4.78 is 2.62. The molecule has 0 radical (unpaired) electrons. The van der Waals surface area contributed by atoms with E-state index in [1.807, 2.05) is 30.3 Å². The molecule has 1 heterocycles. The van der Waals surface area contributed by atoms with E-state index in [0.717, 1.165) is 23.7 Å². The number of aliphatic hydroxyl groups is 1. The maximum atomic E-state index is 10.2. The summed E-state index contributed by atoms with van der Waals surface area (Å²) in [6, 6.07) is 9.57. The second-order valence-corrected chi connectivity index (χ2v) is 7.16. The second kappa shape index (κ2) is 5.85. The van der Waals surface area contributed by atoms with Crippen molar-refractivity contribution in [3.8, 4) is 0 Å². The lowest BCUT2D eigenvalue weighted by molar-refractivity contribution is 0.178. The summed E-state index contributed by atoms with van der Waals surface area (Å²) in [4.78, 5) is 1.08. The summed E-state index contributed by atoms with van der Waals surface area (Å²) in [5, 5.41) is 10.2. The Morgan fingerprint density at radius 2 is 2.00 bits per heavy atom. The average molecular weight is 397 g/mol. The third-order valence-corrected chi connectivity index (χ3v) is 4.81. The first-order chi connectivity index (χ1) is 8.06. The van der Waals surface area contributed by atoms with Gasteiger partial charge in [-0.1, -0.05) is 43.5 Å². The van der Waals surface area contributed by atoms with Gasteiger partial charge < -0.3 is 5.11 Å². The highest BCUT2D eigenvalue weighted by atomic mass is 79.9. The van der Waals surface area contributed by atoms with Gasteiger partial charge in [-0.2, -0.15) is 0 Å². The molecule has 0 bridgehead atoms. The molecule has 1 aromatic carbocycles. The molecule has 1 unspecified atom stereocenters. The van der Waals surface area contributed by atoms with Crippen molar-refractivity contribution in [2.75, 3.05) is 0 Å². The molecule has 0 saturated heterocycles. The molecule has 0 spiro atoms. The molecular weight excluding hydrogens is 387 g/mol. The number of aliphatic hydroxyl groups excluding tert-OH is 1. The Bertz CT molecular complexity index is 527. The van der Waals surface area contributed by atoms with Crippen molar-refractivity contribution in [1.29, 1.82) is 0 Å². The summed E-state index contributed by atoms with van der Waals surface area (Å²) >= 11 is 14.2. The van der Waals surface area contributed by atoms with Crippen LogP contribution in [0.1, 0.15) is 16.5 Å². The maximum Gasteiger partial charge on any atom is 0.0931 e. The number of thiophene rings is 1. The molecule has 0 saturated carbocycles. The van der Waals surface area contributed by atoms with E-state index in [1.165, 1.54) is 11.3 Å². The van der Waals surface area contributed by atoms with Gasteiger partial charge in [-0.3, -0.25) is 0 Å². The van der Waals surface area contributed by atoms with E-state index in [2.05, 4.69) is 31.9 Å². The Hall–Kier alpha value is 0.130. The van der Waals surface area contributed by atoms with Crippen molar-refractivity contribution >= 4 is 54.8 Å². The highest BCUT2D eigenvalue weighted by Crippen LogP contribution is 2.31. The fourth-order valence-electron chi connectivity index (χ4n) is 1.53. The molecule has 5 heteroatoms. The average Bonchev–Trinajstić information content (AvgIpc) is 2.67. The zero-order valence-corrected chi connectivity index (χ0v) is 13.4. The van der Waals surface area contributed by atoms with Gasteiger partial charge in [0.15, 0.2) is 0 Å². The second-order valence-electron chi connectivity index (χ2n) is 3.59. The molecule has 1 N–H and O–H groups in total. The predicted octanol–water partition coefficient (Wildman–Crippen LogP) is 5.20. The fraction of sp³-hybridized carbons (Fsp3) is 0.167. The van der Waals surface area contributed by atoms with Crippen LogP contribution >= 0.6 is 54.8 Å². The van der Waals surface area contributed by atoms with Gasteiger partial charge >= 0.3 is 0 Å². The predicted molar refractivity (Wildman–Crippen MR) is 79.8 cm³/mol. The standard InChI is InChI=1S/C12H9Br2ClOS/c13-7-1-3-10(14)9(5-7)11(16)6-8-2-4-12(15)17-8/h1-5,11,16H,6H2. The van der Waals surface area contributed by atoms with E-state index in [0.29, 0.717) is 6.42 Å². The Morgan fingerprint density at radius 3 is 2.65 bits per heavy atom. The van der Waals surface area contributed by atoms with Crippen molar-refractivity contribution in [2.45, 2.75) is 12.5 Å². The molecule has 1 aromatic heterocycles. The minimum Gasteiger partial charge on any atom is -0.388 e. The molecule has 0 aliphatic heterocycles. The van der Waals surface area contributed by atoms with Crippen molar-refractivity contribution < 1.29 is 5.11 Å². The van der Waals surface area contributed by atoms with Crippen LogP contribution in [0.4, 0.5) is 0 Å². The third-order valence-electron chi connectivity index (χ3n) is 2.34. The summed E-state index contributed by atoms with van der Waals surface area (Å²) in [6.07, 6.45) is 0.0449. The molecular formula is C12H9Br2ClOS. The number of hydrogen-bond acceptors (Lipinski definition) is 2. The van der Waals surface area contributed by atoms with Crippen molar-refractivity contribution in [3.05, 3.63) is 54.1 Å². The molecule has 0 amide bonds. The zero-order valence-electron chi connectivity index (χ0n) is 8.66.